The van der Waals surface area contributed by atoms with E-state index in [0.717, 1.165) is 5.56 Å². The summed E-state index contributed by atoms with van der Waals surface area (Å²) in [6.07, 6.45) is -0.324. The van der Waals surface area contributed by atoms with Crippen molar-refractivity contribution in [1.82, 2.24) is 9.80 Å². The maximum atomic E-state index is 13.4. The number of piperazine rings is 1. The maximum absolute atomic E-state index is 13.4. The van der Waals surface area contributed by atoms with E-state index < -0.39 is 11.4 Å². The van der Waals surface area contributed by atoms with Crippen LogP contribution in [0.3, 0.4) is 0 Å². The number of nitrogens with two attached hydrogens (primary N) is 1. The summed E-state index contributed by atoms with van der Waals surface area (Å²) < 4.78 is 18.8. The molecule has 0 bridgehead atoms. The van der Waals surface area contributed by atoms with Crippen LogP contribution in [-0.2, 0) is 17.9 Å². The molecular formula is C18H28FIN4O3. The monoisotopic (exact) mass is 494 g/mol. The first-order valence-electron chi connectivity index (χ1n) is 8.60. The number of aliphatic hydroxyl groups excluding tert-OH is 1. The van der Waals surface area contributed by atoms with Crippen LogP contribution < -0.4 is 5.73 Å². The minimum absolute atomic E-state index is 0. The second-order valence-corrected chi connectivity index (χ2v) is 7.21. The van der Waals surface area contributed by atoms with Crippen LogP contribution in [0.4, 0.5) is 9.18 Å². The number of carbonyl (C=O) groups is 1. The molecule has 1 heterocycles. The fraction of sp³-hybridized carbons (Fsp3) is 0.556. The summed E-state index contributed by atoms with van der Waals surface area (Å²) in [4.78, 5) is 20.0. The van der Waals surface area contributed by atoms with E-state index in [1.54, 1.807) is 17.0 Å². The molecule has 1 aliphatic rings. The summed E-state index contributed by atoms with van der Waals surface area (Å²) in [6.45, 7) is 7.61. The molecule has 1 aromatic carbocycles. The molecule has 0 aromatic heterocycles. The molecule has 152 valence electrons. The van der Waals surface area contributed by atoms with Crippen LogP contribution in [0.15, 0.2) is 23.2 Å². The van der Waals surface area contributed by atoms with Gasteiger partial charge in [0.25, 0.3) is 0 Å². The summed E-state index contributed by atoms with van der Waals surface area (Å²) in [6, 6.07) is 4.50. The molecular weight excluding hydrogens is 466 g/mol. The molecule has 1 aromatic rings. The predicted molar refractivity (Wildman–Crippen MR) is 112 cm³/mol. The van der Waals surface area contributed by atoms with Crippen molar-refractivity contribution in [2.45, 2.75) is 39.5 Å². The van der Waals surface area contributed by atoms with Gasteiger partial charge in [0.2, 0.25) is 0 Å². The standard InChI is InChI=1S/C18H27FN4O3.HI/c1-18(2,3)26-17(25)23-8-6-22(7-9-23)16(20)21-11-13-4-5-15(19)14(10-13)12-24;/h4-5,10,24H,6-9,11-12H2,1-3H3,(H2,20,21);1H. The lowest BCUT2D eigenvalue weighted by molar-refractivity contribution is 0.0186. The lowest BCUT2D eigenvalue weighted by Crippen LogP contribution is -2.53. The Kier molecular flexibility index (Phi) is 8.73. The third-order valence-electron chi connectivity index (χ3n) is 3.96. The van der Waals surface area contributed by atoms with E-state index in [1.165, 1.54) is 6.07 Å². The zero-order valence-electron chi connectivity index (χ0n) is 15.9. The minimum atomic E-state index is -0.517. The van der Waals surface area contributed by atoms with Crippen LogP contribution in [-0.4, -0.2) is 58.7 Å². The second kappa shape index (κ2) is 10.1. The van der Waals surface area contributed by atoms with E-state index in [0.29, 0.717) is 38.7 Å². The number of hydrogen-bond donors (Lipinski definition) is 2. The van der Waals surface area contributed by atoms with Gasteiger partial charge < -0.3 is 25.4 Å². The topological polar surface area (TPSA) is 91.4 Å². The number of ether oxygens (including phenoxy) is 1. The van der Waals surface area contributed by atoms with Crippen molar-refractivity contribution in [2.75, 3.05) is 26.2 Å². The predicted octanol–water partition coefficient (Wildman–Crippen LogP) is 2.30. The summed E-state index contributed by atoms with van der Waals surface area (Å²) >= 11 is 0. The van der Waals surface area contributed by atoms with Crippen LogP contribution in [0, 0.1) is 5.82 Å². The first-order valence-corrected chi connectivity index (χ1v) is 8.60. The van der Waals surface area contributed by atoms with Crippen LogP contribution in [0.5, 0.6) is 0 Å². The third kappa shape index (κ3) is 7.13. The second-order valence-electron chi connectivity index (χ2n) is 7.21. The first-order chi connectivity index (χ1) is 12.2. The van der Waals surface area contributed by atoms with E-state index in [-0.39, 0.29) is 42.2 Å². The van der Waals surface area contributed by atoms with Crippen molar-refractivity contribution in [3.63, 3.8) is 0 Å². The van der Waals surface area contributed by atoms with Gasteiger partial charge in [0.15, 0.2) is 5.96 Å². The number of aliphatic imine (C=N–C) groups is 1. The van der Waals surface area contributed by atoms with Crippen molar-refractivity contribution >= 4 is 36.0 Å². The Morgan fingerprint density at radius 3 is 2.41 bits per heavy atom. The maximum Gasteiger partial charge on any atom is 0.410 e. The zero-order chi connectivity index (χ0) is 19.3. The zero-order valence-corrected chi connectivity index (χ0v) is 18.3. The quantitative estimate of drug-likeness (QED) is 0.383. The number of benzene rings is 1. The molecule has 9 heteroatoms. The van der Waals surface area contributed by atoms with E-state index in [9.17, 15) is 9.18 Å². The van der Waals surface area contributed by atoms with E-state index in [4.69, 9.17) is 15.6 Å². The van der Waals surface area contributed by atoms with Crippen LogP contribution in [0.25, 0.3) is 0 Å². The smallest absolute Gasteiger partial charge is 0.410 e. The highest BCUT2D eigenvalue weighted by atomic mass is 127. The van der Waals surface area contributed by atoms with Gasteiger partial charge in [-0.2, -0.15) is 0 Å². The van der Waals surface area contributed by atoms with Crippen LogP contribution >= 0.6 is 24.0 Å². The average molecular weight is 494 g/mol. The third-order valence-corrected chi connectivity index (χ3v) is 3.96. The summed E-state index contributed by atoms with van der Waals surface area (Å²) in [5.74, 6) is -0.0600. The molecule has 7 nitrogen and oxygen atoms in total. The molecule has 1 fully saturated rings. The molecule has 0 spiro atoms. The molecule has 27 heavy (non-hydrogen) atoms. The van der Waals surface area contributed by atoms with Gasteiger partial charge in [-0.3, -0.25) is 0 Å². The Morgan fingerprint density at radius 1 is 1.26 bits per heavy atom. The first kappa shape index (κ1) is 23.4. The minimum Gasteiger partial charge on any atom is -0.444 e. The highest BCUT2D eigenvalue weighted by Gasteiger charge is 2.26. The number of nitrogens with zero attached hydrogens (tertiary/aromatic N) is 3. The number of amides is 1. The summed E-state index contributed by atoms with van der Waals surface area (Å²) in [7, 11) is 0. The number of halogens is 2. The lowest BCUT2D eigenvalue weighted by Gasteiger charge is -2.36. The van der Waals surface area contributed by atoms with Crippen LogP contribution in [0.2, 0.25) is 0 Å². The van der Waals surface area contributed by atoms with E-state index >= 15 is 0 Å². The van der Waals surface area contributed by atoms with Gasteiger partial charge in [0.1, 0.15) is 11.4 Å². The molecule has 0 saturated carbocycles. The van der Waals surface area contributed by atoms with Gasteiger partial charge in [0, 0.05) is 31.7 Å². The fourth-order valence-corrected chi connectivity index (χ4v) is 2.56. The molecule has 3 N–H and O–H groups in total. The Morgan fingerprint density at radius 2 is 1.85 bits per heavy atom. The highest BCUT2D eigenvalue weighted by molar-refractivity contribution is 14.0. The Hall–Kier alpha value is -1.62. The Balaban J connectivity index is 0.00000364. The molecule has 1 amide bonds. The van der Waals surface area contributed by atoms with E-state index in [2.05, 4.69) is 4.99 Å². The number of rotatable bonds is 3. The Bertz CT molecular complexity index is 671. The number of guanidine groups is 1. The van der Waals surface area contributed by atoms with Gasteiger partial charge in [-0.15, -0.1) is 24.0 Å². The lowest BCUT2D eigenvalue weighted by atomic mass is 10.1. The SMILES string of the molecule is CC(C)(C)OC(=O)N1CCN(C(N)=NCc2ccc(F)c(CO)c2)CC1.I. The molecule has 0 atom stereocenters. The molecule has 1 saturated heterocycles. The van der Waals surface area contributed by atoms with Gasteiger partial charge >= 0.3 is 6.09 Å². The van der Waals surface area contributed by atoms with Crippen molar-refractivity contribution in [3.8, 4) is 0 Å². The van der Waals surface area contributed by atoms with Gasteiger partial charge in [-0.25, -0.2) is 14.2 Å². The normalized spacial score (nSPS) is 15.4. The van der Waals surface area contributed by atoms with Crippen molar-refractivity contribution in [2.24, 2.45) is 10.7 Å². The van der Waals surface area contributed by atoms with Gasteiger partial charge in [-0.1, -0.05) is 6.07 Å². The summed E-state index contributed by atoms with van der Waals surface area (Å²) in [5, 5.41) is 9.11. The number of aliphatic hydroxyl groups is 1. The Labute approximate surface area is 176 Å². The van der Waals surface area contributed by atoms with E-state index in [1.807, 2.05) is 25.7 Å². The average Bonchev–Trinajstić information content (AvgIpc) is 2.59. The fourth-order valence-electron chi connectivity index (χ4n) is 2.56. The van der Waals surface area contributed by atoms with Crippen molar-refractivity contribution < 1.29 is 19.0 Å². The van der Waals surface area contributed by atoms with Gasteiger partial charge in [-0.05, 0) is 38.5 Å². The number of carbonyl (C=O) groups excluding carboxylic acids is 1. The molecule has 0 unspecified atom stereocenters. The highest BCUT2D eigenvalue weighted by Crippen LogP contribution is 2.13. The molecule has 0 aliphatic carbocycles. The van der Waals surface area contributed by atoms with Crippen molar-refractivity contribution in [1.29, 1.82) is 0 Å². The largest absolute Gasteiger partial charge is 0.444 e. The molecule has 2 rings (SSSR count). The van der Waals surface area contributed by atoms with Gasteiger partial charge in [0.05, 0.1) is 13.2 Å². The number of hydrogen-bond acceptors (Lipinski definition) is 4. The van der Waals surface area contributed by atoms with Crippen molar-refractivity contribution in [3.05, 3.63) is 35.1 Å². The molecule has 0 radical (unpaired) electrons. The summed E-state index contributed by atoms with van der Waals surface area (Å²) in [5.41, 5.74) is 6.53. The van der Waals surface area contributed by atoms with Crippen LogP contribution in [0.1, 0.15) is 31.9 Å². The molecule has 1 aliphatic heterocycles.